The highest BCUT2D eigenvalue weighted by Gasteiger charge is 2.59. The average molecular weight is 304 g/mol. The molecule has 2 heteroatoms. The summed E-state index contributed by atoms with van der Waals surface area (Å²) >= 11 is 0. The minimum absolute atomic E-state index is 0.0813. The number of hydrogen-bond acceptors (Lipinski definition) is 2. The second-order valence-corrected chi connectivity index (χ2v) is 9.26. The summed E-state index contributed by atoms with van der Waals surface area (Å²) in [6.45, 7) is 7.19. The lowest BCUT2D eigenvalue weighted by molar-refractivity contribution is -0.0858. The highest BCUT2D eigenvalue weighted by Crippen LogP contribution is 2.65. The fourth-order valence-corrected chi connectivity index (χ4v) is 7.04. The SMILES string of the molecule is C[C@H]1C[C@@H](O)CC2=CC[C@H]3[C@@H]4CC[C@H](O)[C@@]4(C)CC[C@@H]3[C@]21C. The van der Waals surface area contributed by atoms with E-state index in [4.69, 9.17) is 0 Å². The van der Waals surface area contributed by atoms with Crippen molar-refractivity contribution in [1.29, 1.82) is 0 Å². The first-order valence-corrected chi connectivity index (χ1v) is 9.43. The molecule has 0 saturated heterocycles. The fourth-order valence-electron chi connectivity index (χ4n) is 7.04. The maximum atomic E-state index is 10.5. The van der Waals surface area contributed by atoms with E-state index in [-0.39, 0.29) is 23.0 Å². The molecule has 4 rings (SSSR count). The van der Waals surface area contributed by atoms with E-state index in [0.29, 0.717) is 11.8 Å². The lowest BCUT2D eigenvalue weighted by atomic mass is 9.46. The lowest BCUT2D eigenvalue weighted by Gasteiger charge is -2.59. The summed E-state index contributed by atoms with van der Waals surface area (Å²) in [4.78, 5) is 0. The van der Waals surface area contributed by atoms with Crippen LogP contribution < -0.4 is 0 Å². The Labute approximate surface area is 135 Å². The molecule has 0 unspecified atom stereocenters. The van der Waals surface area contributed by atoms with Crippen molar-refractivity contribution in [3.63, 3.8) is 0 Å². The van der Waals surface area contributed by atoms with E-state index in [2.05, 4.69) is 26.8 Å². The molecule has 3 saturated carbocycles. The van der Waals surface area contributed by atoms with E-state index < -0.39 is 0 Å². The number of fused-ring (bicyclic) bond motifs is 5. The second-order valence-electron chi connectivity index (χ2n) is 9.26. The quantitative estimate of drug-likeness (QED) is 0.666. The van der Waals surface area contributed by atoms with Crippen molar-refractivity contribution in [3.8, 4) is 0 Å². The van der Waals surface area contributed by atoms with E-state index in [1.165, 1.54) is 25.7 Å². The predicted octanol–water partition coefficient (Wildman–Crippen LogP) is 3.92. The minimum Gasteiger partial charge on any atom is -0.393 e. The number of aliphatic hydroxyl groups is 2. The zero-order valence-corrected chi connectivity index (χ0v) is 14.4. The summed E-state index contributed by atoms with van der Waals surface area (Å²) in [5, 5.41) is 20.7. The molecule has 2 N–H and O–H groups in total. The van der Waals surface area contributed by atoms with Gasteiger partial charge in [-0.1, -0.05) is 32.4 Å². The van der Waals surface area contributed by atoms with Crippen LogP contribution in [0.1, 0.15) is 65.7 Å². The summed E-state index contributed by atoms with van der Waals surface area (Å²) in [7, 11) is 0. The molecule has 22 heavy (non-hydrogen) atoms. The Morgan fingerprint density at radius 3 is 2.64 bits per heavy atom. The van der Waals surface area contributed by atoms with Gasteiger partial charge < -0.3 is 10.2 Å². The third kappa shape index (κ3) is 1.80. The second kappa shape index (κ2) is 4.83. The van der Waals surface area contributed by atoms with Gasteiger partial charge in [0.15, 0.2) is 0 Å². The van der Waals surface area contributed by atoms with Crippen molar-refractivity contribution < 1.29 is 10.2 Å². The summed E-state index contributed by atoms with van der Waals surface area (Å²) in [5.74, 6) is 2.79. The summed E-state index contributed by atoms with van der Waals surface area (Å²) in [6, 6.07) is 0. The van der Waals surface area contributed by atoms with Crippen molar-refractivity contribution in [2.75, 3.05) is 0 Å². The number of aliphatic hydroxyl groups excluding tert-OH is 2. The summed E-state index contributed by atoms with van der Waals surface area (Å²) in [5.41, 5.74) is 2.00. The molecule has 0 bridgehead atoms. The molecule has 0 aromatic carbocycles. The zero-order chi connectivity index (χ0) is 15.7. The van der Waals surface area contributed by atoms with Crippen LogP contribution in [0, 0.1) is 34.5 Å². The molecule has 0 aromatic heterocycles. The first kappa shape index (κ1) is 15.2. The van der Waals surface area contributed by atoms with Gasteiger partial charge in [0.2, 0.25) is 0 Å². The molecule has 0 heterocycles. The maximum absolute atomic E-state index is 10.5. The van der Waals surface area contributed by atoms with E-state index >= 15 is 0 Å². The highest BCUT2D eigenvalue weighted by atomic mass is 16.3. The Hall–Kier alpha value is -0.340. The van der Waals surface area contributed by atoms with Gasteiger partial charge in [-0.3, -0.25) is 0 Å². The van der Waals surface area contributed by atoms with Gasteiger partial charge in [-0.15, -0.1) is 0 Å². The number of rotatable bonds is 0. The summed E-state index contributed by atoms with van der Waals surface area (Å²) < 4.78 is 0. The number of allylic oxidation sites excluding steroid dienone is 1. The van der Waals surface area contributed by atoms with Crippen LogP contribution in [0.2, 0.25) is 0 Å². The molecule has 124 valence electrons. The lowest BCUT2D eigenvalue weighted by Crippen LogP contribution is -2.53. The third-order valence-electron chi connectivity index (χ3n) is 8.59. The van der Waals surface area contributed by atoms with Crippen LogP contribution in [-0.4, -0.2) is 22.4 Å². The first-order chi connectivity index (χ1) is 10.4. The van der Waals surface area contributed by atoms with E-state index in [1.807, 2.05) is 0 Å². The zero-order valence-electron chi connectivity index (χ0n) is 14.4. The smallest absolute Gasteiger partial charge is 0.0596 e. The normalized spacial score (nSPS) is 57.6. The Bertz CT molecular complexity index is 498. The van der Waals surface area contributed by atoms with Crippen LogP contribution in [0.15, 0.2) is 11.6 Å². The van der Waals surface area contributed by atoms with E-state index in [0.717, 1.165) is 31.1 Å². The largest absolute Gasteiger partial charge is 0.393 e. The van der Waals surface area contributed by atoms with Gasteiger partial charge in [0.1, 0.15) is 0 Å². The Morgan fingerprint density at radius 1 is 1.09 bits per heavy atom. The molecular formula is C20H32O2. The van der Waals surface area contributed by atoms with Gasteiger partial charge in [0.05, 0.1) is 12.2 Å². The van der Waals surface area contributed by atoms with Crippen molar-refractivity contribution in [1.82, 2.24) is 0 Å². The number of hydrogen-bond donors (Lipinski definition) is 2. The van der Waals surface area contributed by atoms with Crippen molar-refractivity contribution in [3.05, 3.63) is 11.6 Å². The molecule has 2 nitrogen and oxygen atoms in total. The Kier molecular flexibility index (Phi) is 3.34. The molecule has 8 atom stereocenters. The Morgan fingerprint density at radius 2 is 1.86 bits per heavy atom. The van der Waals surface area contributed by atoms with Gasteiger partial charge in [-0.25, -0.2) is 0 Å². The van der Waals surface area contributed by atoms with Gasteiger partial charge in [0.25, 0.3) is 0 Å². The van der Waals surface area contributed by atoms with Crippen molar-refractivity contribution in [2.24, 2.45) is 34.5 Å². The van der Waals surface area contributed by atoms with Crippen molar-refractivity contribution >= 4 is 0 Å². The van der Waals surface area contributed by atoms with Crippen LogP contribution in [0.5, 0.6) is 0 Å². The van der Waals surface area contributed by atoms with Crippen molar-refractivity contribution in [2.45, 2.75) is 77.9 Å². The molecule has 4 aliphatic carbocycles. The molecular weight excluding hydrogens is 272 g/mol. The average Bonchev–Trinajstić information content (AvgIpc) is 2.77. The first-order valence-electron chi connectivity index (χ1n) is 9.43. The van der Waals surface area contributed by atoms with Crippen LogP contribution in [0.3, 0.4) is 0 Å². The van der Waals surface area contributed by atoms with E-state index in [1.54, 1.807) is 5.57 Å². The molecule has 0 amide bonds. The van der Waals surface area contributed by atoms with Gasteiger partial charge in [-0.05, 0) is 79.4 Å². The topological polar surface area (TPSA) is 40.5 Å². The maximum Gasteiger partial charge on any atom is 0.0596 e. The van der Waals surface area contributed by atoms with Gasteiger partial charge >= 0.3 is 0 Å². The fraction of sp³-hybridized carbons (Fsp3) is 0.900. The Balaban J connectivity index is 1.71. The van der Waals surface area contributed by atoms with E-state index in [9.17, 15) is 10.2 Å². The summed E-state index contributed by atoms with van der Waals surface area (Å²) in [6.07, 6.45) is 9.99. The van der Waals surface area contributed by atoms with Crippen LogP contribution >= 0.6 is 0 Å². The van der Waals surface area contributed by atoms with Gasteiger partial charge in [0, 0.05) is 0 Å². The standard InChI is InChI=1S/C20H32O2/c1-12-10-14(21)11-13-4-5-15-16-6-7-18(22)19(16,2)9-8-17(15)20(12,13)3/h4,12,14-18,21-22H,5-11H2,1-3H3/t12-,14+,15-,16-,17-,18-,19-,20-/m0/s1. The molecule has 0 aromatic rings. The molecule has 4 aliphatic rings. The third-order valence-corrected chi connectivity index (χ3v) is 8.59. The predicted molar refractivity (Wildman–Crippen MR) is 88.3 cm³/mol. The molecule has 0 aliphatic heterocycles. The monoisotopic (exact) mass is 304 g/mol. The minimum atomic E-state index is -0.131. The van der Waals surface area contributed by atoms with Gasteiger partial charge in [-0.2, -0.15) is 0 Å². The molecule has 3 fully saturated rings. The molecule has 0 radical (unpaired) electrons. The van der Waals surface area contributed by atoms with Crippen LogP contribution in [0.4, 0.5) is 0 Å². The highest BCUT2D eigenvalue weighted by molar-refractivity contribution is 5.26. The van der Waals surface area contributed by atoms with Crippen LogP contribution in [-0.2, 0) is 0 Å². The molecule has 0 spiro atoms. The van der Waals surface area contributed by atoms with Crippen LogP contribution in [0.25, 0.3) is 0 Å².